The molecule has 6 atom stereocenters. The summed E-state index contributed by atoms with van der Waals surface area (Å²) < 4.78 is -4.07. The van der Waals surface area contributed by atoms with Gasteiger partial charge in [0.2, 0.25) is 5.91 Å². The number of alkyl halides is 3. The minimum absolute atomic E-state index is 0.0490. The number of amides is 3. The molecule has 0 spiro atoms. The van der Waals surface area contributed by atoms with E-state index in [1.54, 1.807) is 0 Å². The molecular formula is C22H32I3N3O11. The molecule has 1 rings (SSSR count). The Balaban J connectivity index is 4.53. The van der Waals surface area contributed by atoms with Gasteiger partial charge in [-0.2, -0.15) is 0 Å². The highest BCUT2D eigenvalue weighted by atomic mass is 127. The molecule has 0 heterocycles. The number of aliphatic hydroxyl groups is 8. The standard InChI is InChI=1S/C22H32I3N3O11/c1-27(14(34)6-29)17-8(3-11(31)19(23)36)16(22(26)39)9(4-12(32)20(24)37)18(28(2)15(35)7-30)10(17)5-13(33)21(25)38/h11-13,19-21,29-33,36-38H,3-7H2,1-2H3,(H2,26,39). The lowest BCUT2D eigenvalue weighted by molar-refractivity contribution is -0.121. The molecule has 17 heteroatoms. The predicted molar refractivity (Wildman–Crippen MR) is 165 cm³/mol. The number of primary amides is 1. The average Bonchev–Trinajstić information content (AvgIpc) is 2.86. The molecule has 0 aliphatic carbocycles. The maximum absolute atomic E-state index is 12.9. The lowest BCUT2D eigenvalue weighted by atomic mass is 9.84. The van der Waals surface area contributed by atoms with E-state index >= 15 is 0 Å². The van der Waals surface area contributed by atoms with E-state index in [-0.39, 0.29) is 33.6 Å². The highest BCUT2D eigenvalue weighted by molar-refractivity contribution is 14.1. The lowest BCUT2D eigenvalue weighted by Gasteiger charge is -2.34. The van der Waals surface area contributed by atoms with Crippen LogP contribution in [0.2, 0.25) is 0 Å². The van der Waals surface area contributed by atoms with E-state index in [0.29, 0.717) is 0 Å². The van der Waals surface area contributed by atoms with Crippen LogP contribution in [0, 0.1) is 0 Å². The quantitative estimate of drug-likeness (QED) is 0.0709. The van der Waals surface area contributed by atoms with Gasteiger partial charge < -0.3 is 56.4 Å². The molecule has 6 unspecified atom stereocenters. The van der Waals surface area contributed by atoms with Crippen molar-refractivity contribution in [1.29, 1.82) is 0 Å². The number of likely N-dealkylation sites (N-methyl/N-ethyl adjacent to an activating group) is 2. The van der Waals surface area contributed by atoms with Gasteiger partial charge in [-0.3, -0.25) is 14.4 Å². The number of anilines is 2. The van der Waals surface area contributed by atoms with Crippen molar-refractivity contribution in [2.24, 2.45) is 5.73 Å². The average molecular weight is 895 g/mol. The number of carbonyl (C=O) groups is 3. The summed E-state index contributed by atoms with van der Waals surface area (Å²) in [5.41, 5.74) is 4.74. The van der Waals surface area contributed by atoms with Crippen LogP contribution in [0.25, 0.3) is 0 Å². The van der Waals surface area contributed by atoms with Crippen LogP contribution in [0.3, 0.4) is 0 Å². The van der Waals surface area contributed by atoms with E-state index in [4.69, 9.17) is 5.73 Å². The zero-order valence-corrected chi connectivity index (χ0v) is 27.4. The second-order valence-electron chi connectivity index (χ2n) is 8.53. The predicted octanol–water partition coefficient (Wildman–Crippen LogP) is -2.33. The molecule has 1 aromatic carbocycles. The highest BCUT2D eigenvalue weighted by Crippen LogP contribution is 2.43. The van der Waals surface area contributed by atoms with Crippen LogP contribution >= 0.6 is 67.8 Å². The topological polar surface area (TPSA) is 246 Å². The fourth-order valence-electron chi connectivity index (χ4n) is 3.97. The molecule has 0 radical (unpaired) electrons. The number of nitrogens with two attached hydrogens (primary N) is 1. The second-order valence-corrected chi connectivity index (χ2v) is 12.4. The number of halogens is 3. The number of carbonyl (C=O) groups excluding carboxylic acids is 3. The summed E-state index contributed by atoms with van der Waals surface area (Å²) >= 11 is 4.57. The number of benzene rings is 1. The third-order valence-electron chi connectivity index (χ3n) is 5.88. The smallest absolute Gasteiger partial charge is 0.252 e. The Morgan fingerprint density at radius 1 is 0.667 bits per heavy atom. The van der Waals surface area contributed by atoms with Gasteiger partial charge in [0.25, 0.3) is 11.8 Å². The van der Waals surface area contributed by atoms with Gasteiger partial charge in [0, 0.05) is 44.5 Å². The van der Waals surface area contributed by atoms with Crippen molar-refractivity contribution in [1.82, 2.24) is 0 Å². The zero-order valence-electron chi connectivity index (χ0n) is 20.9. The molecule has 0 saturated carbocycles. The van der Waals surface area contributed by atoms with Gasteiger partial charge in [-0.25, -0.2) is 0 Å². The Kier molecular flexibility index (Phi) is 15.2. The molecule has 10 N–H and O–H groups in total. The molecule has 0 fully saturated rings. The molecule has 0 aliphatic heterocycles. The van der Waals surface area contributed by atoms with Crippen molar-refractivity contribution in [2.45, 2.75) is 49.9 Å². The Labute approximate surface area is 265 Å². The fraction of sp³-hybridized carbons (Fsp3) is 0.591. The third-order valence-corrected chi connectivity index (χ3v) is 8.37. The first-order chi connectivity index (χ1) is 18.0. The first-order valence-corrected chi connectivity index (χ1v) is 15.0. The first kappa shape index (κ1) is 36.5. The Bertz CT molecular complexity index is 979. The van der Waals surface area contributed by atoms with Crippen molar-refractivity contribution < 1.29 is 55.2 Å². The van der Waals surface area contributed by atoms with Crippen molar-refractivity contribution in [2.75, 3.05) is 37.1 Å². The third kappa shape index (κ3) is 9.24. The van der Waals surface area contributed by atoms with Crippen LogP contribution < -0.4 is 15.5 Å². The van der Waals surface area contributed by atoms with Crippen molar-refractivity contribution in [3.8, 4) is 0 Å². The monoisotopic (exact) mass is 895 g/mol. The summed E-state index contributed by atoms with van der Waals surface area (Å²) in [6.45, 7) is -2.00. The SMILES string of the molecule is CN(C(=O)CO)c1c(CC(O)C(O)I)c(C(N)=O)c(CC(O)C(O)I)c(N(C)C(=O)CO)c1CC(O)C(O)I. The molecule has 14 nitrogen and oxygen atoms in total. The van der Waals surface area contributed by atoms with Crippen LogP contribution in [0.1, 0.15) is 27.0 Å². The maximum atomic E-state index is 12.9. The molecule has 1 aromatic rings. The minimum Gasteiger partial charge on any atom is -0.389 e. The number of nitrogens with zero attached hydrogens (tertiary/aromatic N) is 2. The summed E-state index contributed by atoms with van der Waals surface area (Å²) in [6.07, 6.45) is -6.02. The number of rotatable bonds is 14. The summed E-state index contributed by atoms with van der Waals surface area (Å²) in [5.74, 6) is -2.93. The summed E-state index contributed by atoms with van der Waals surface area (Å²) in [5, 5.41) is 81.0. The van der Waals surface area contributed by atoms with Gasteiger partial charge in [-0.05, 0) is 78.9 Å². The van der Waals surface area contributed by atoms with Crippen LogP contribution in [0.15, 0.2) is 0 Å². The molecular weight excluding hydrogens is 863 g/mol. The number of hydrogen-bond donors (Lipinski definition) is 9. The second kappa shape index (κ2) is 16.2. The highest BCUT2D eigenvalue weighted by Gasteiger charge is 2.36. The van der Waals surface area contributed by atoms with Gasteiger partial charge in [-0.15, -0.1) is 0 Å². The molecule has 0 aromatic heterocycles. The van der Waals surface area contributed by atoms with Crippen molar-refractivity contribution in [3.05, 3.63) is 22.3 Å². The van der Waals surface area contributed by atoms with Gasteiger partial charge in [-0.1, -0.05) is 0 Å². The van der Waals surface area contributed by atoms with Gasteiger partial charge in [0.05, 0.1) is 29.7 Å². The maximum Gasteiger partial charge on any atom is 0.252 e. The van der Waals surface area contributed by atoms with E-state index in [0.717, 1.165) is 9.80 Å². The van der Waals surface area contributed by atoms with E-state index in [2.05, 4.69) is 0 Å². The van der Waals surface area contributed by atoms with E-state index < -0.39 is 80.8 Å². The van der Waals surface area contributed by atoms with Crippen LogP contribution in [0.5, 0.6) is 0 Å². The first-order valence-electron chi connectivity index (χ1n) is 11.3. The molecule has 0 saturated heterocycles. The Morgan fingerprint density at radius 3 is 1.18 bits per heavy atom. The van der Waals surface area contributed by atoms with E-state index in [1.165, 1.54) is 81.9 Å². The van der Waals surface area contributed by atoms with E-state index in [1.807, 2.05) is 0 Å². The number of aliphatic hydroxyl groups excluding tert-OH is 8. The van der Waals surface area contributed by atoms with E-state index in [9.17, 15) is 55.2 Å². The lowest BCUT2D eigenvalue weighted by Crippen LogP contribution is -2.38. The fourth-order valence-corrected chi connectivity index (χ4v) is 4.74. The van der Waals surface area contributed by atoms with Gasteiger partial charge in [0.15, 0.2) is 0 Å². The molecule has 222 valence electrons. The zero-order chi connectivity index (χ0) is 30.4. The Hall–Kier alpha value is -0.500. The largest absolute Gasteiger partial charge is 0.389 e. The summed E-state index contributed by atoms with van der Waals surface area (Å²) in [6, 6.07) is 0. The molecule has 0 aliphatic rings. The van der Waals surface area contributed by atoms with Crippen molar-refractivity contribution in [3.63, 3.8) is 0 Å². The number of hydrogen-bond acceptors (Lipinski definition) is 11. The summed E-state index contributed by atoms with van der Waals surface area (Å²) in [4.78, 5) is 40.2. The van der Waals surface area contributed by atoms with Crippen LogP contribution in [-0.2, 0) is 28.9 Å². The normalized spacial score (nSPS) is 16.1. The van der Waals surface area contributed by atoms with Crippen molar-refractivity contribution >= 4 is 96.9 Å². The van der Waals surface area contributed by atoms with Crippen LogP contribution in [-0.4, -0.2) is 117 Å². The Morgan fingerprint density at radius 2 is 0.949 bits per heavy atom. The van der Waals surface area contributed by atoms with Gasteiger partial charge >= 0.3 is 0 Å². The molecule has 3 amide bonds. The van der Waals surface area contributed by atoms with Gasteiger partial charge in [0.1, 0.15) is 25.5 Å². The molecule has 0 bridgehead atoms. The minimum atomic E-state index is -1.52. The summed E-state index contributed by atoms with van der Waals surface area (Å²) in [7, 11) is 2.43. The van der Waals surface area contributed by atoms with Crippen LogP contribution in [0.4, 0.5) is 11.4 Å². The molecule has 39 heavy (non-hydrogen) atoms.